The molecule has 2 aromatic rings. The standard InChI is InChI=1S/C21H24FN3/c22-14-2-1-3-16-4-8-18(9-5-16)20-12-13-21(25-24-20)19-10-6-17(15-23)7-11-19/h6-7,10-13,16,18H,1-5,8-9,14H2/t16-,18-. The van der Waals surface area contributed by atoms with Crippen molar-refractivity contribution in [1.82, 2.24) is 10.2 Å². The molecule has 25 heavy (non-hydrogen) atoms. The van der Waals surface area contributed by atoms with Crippen molar-refractivity contribution in [2.24, 2.45) is 5.92 Å². The lowest BCUT2D eigenvalue weighted by Gasteiger charge is -2.27. The number of rotatable bonds is 6. The highest BCUT2D eigenvalue weighted by atomic mass is 19.1. The van der Waals surface area contributed by atoms with Gasteiger partial charge in [-0.2, -0.15) is 15.5 Å². The minimum absolute atomic E-state index is 0.184. The molecule has 0 unspecified atom stereocenters. The Morgan fingerprint density at radius 2 is 1.72 bits per heavy atom. The first-order chi connectivity index (χ1) is 12.3. The second-order valence-corrected chi connectivity index (χ2v) is 6.94. The van der Waals surface area contributed by atoms with E-state index in [9.17, 15) is 4.39 Å². The zero-order valence-corrected chi connectivity index (χ0v) is 14.5. The molecule has 1 heterocycles. The van der Waals surface area contributed by atoms with Gasteiger partial charge in [0.05, 0.1) is 29.7 Å². The van der Waals surface area contributed by atoms with E-state index in [1.807, 2.05) is 18.2 Å². The zero-order chi connectivity index (χ0) is 17.5. The number of alkyl halides is 1. The van der Waals surface area contributed by atoms with Crippen LogP contribution in [0.4, 0.5) is 4.39 Å². The van der Waals surface area contributed by atoms with Crippen LogP contribution >= 0.6 is 0 Å². The van der Waals surface area contributed by atoms with E-state index in [0.29, 0.717) is 17.9 Å². The van der Waals surface area contributed by atoms with Crippen molar-refractivity contribution in [3.63, 3.8) is 0 Å². The summed E-state index contributed by atoms with van der Waals surface area (Å²) in [5.41, 5.74) is 3.55. The van der Waals surface area contributed by atoms with Gasteiger partial charge in [-0.25, -0.2) is 0 Å². The summed E-state index contributed by atoms with van der Waals surface area (Å²) in [6, 6.07) is 13.7. The maximum atomic E-state index is 12.2. The lowest BCUT2D eigenvalue weighted by atomic mass is 9.78. The van der Waals surface area contributed by atoms with E-state index in [1.165, 1.54) is 19.3 Å². The number of unbranched alkanes of at least 4 members (excludes halogenated alkanes) is 1. The Morgan fingerprint density at radius 3 is 2.32 bits per heavy atom. The minimum Gasteiger partial charge on any atom is -0.251 e. The molecule has 0 atom stereocenters. The molecule has 1 aromatic heterocycles. The predicted molar refractivity (Wildman–Crippen MR) is 96.7 cm³/mol. The molecule has 0 N–H and O–H groups in total. The third-order valence-corrected chi connectivity index (χ3v) is 5.26. The first-order valence-corrected chi connectivity index (χ1v) is 9.20. The molecule has 0 radical (unpaired) electrons. The Morgan fingerprint density at radius 1 is 0.960 bits per heavy atom. The first-order valence-electron chi connectivity index (χ1n) is 9.20. The van der Waals surface area contributed by atoms with Gasteiger partial charge in [-0.3, -0.25) is 4.39 Å². The molecule has 0 saturated heterocycles. The average Bonchev–Trinajstić information content (AvgIpc) is 2.69. The van der Waals surface area contributed by atoms with Crippen LogP contribution in [-0.2, 0) is 0 Å². The summed E-state index contributed by atoms with van der Waals surface area (Å²) in [4.78, 5) is 0. The predicted octanol–water partition coefficient (Wildman–Crippen LogP) is 5.43. The molecule has 1 fully saturated rings. The molecule has 1 aliphatic rings. The van der Waals surface area contributed by atoms with Gasteiger partial charge in [0.15, 0.2) is 0 Å². The zero-order valence-electron chi connectivity index (χ0n) is 14.5. The summed E-state index contributed by atoms with van der Waals surface area (Å²) in [6.45, 7) is -0.184. The summed E-state index contributed by atoms with van der Waals surface area (Å²) in [6.07, 6.45) is 7.65. The minimum atomic E-state index is -0.184. The van der Waals surface area contributed by atoms with Gasteiger partial charge in [0.2, 0.25) is 0 Å². The van der Waals surface area contributed by atoms with Gasteiger partial charge >= 0.3 is 0 Å². The van der Waals surface area contributed by atoms with E-state index >= 15 is 0 Å². The summed E-state index contributed by atoms with van der Waals surface area (Å²) in [5, 5.41) is 17.7. The molecule has 1 aliphatic carbocycles. The number of aromatic nitrogens is 2. The normalized spacial score (nSPS) is 20.2. The van der Waals surface area contributed by atoms with Crippen LogP contribution in [0, 0.1) is 17.2 Å². The van der Waals surface area contributed by atoms with Gasteiger partial charge in [-0.15, -0.1) is 0 Å². The van der Waals surface area contributed by atoms with Crippen LogP contribution in [0.25, 0.3) is 11.3 Å². The quantitative estimate of drug-likeness (QED) is 0.660. The molecule has 4 heteroatoms. The molecule has 1 aromatic carbocycles. The van der Waals surface area contributed by atoms with Crippen LogP contribution in [0.2, 0.25) is 0 Å². The molecule has 130 valence electrons. The van der Waals surface area contributed by atoms with Crippen LogP contribution in [-0.4, -0.2) is 16.9 Å². The van der Waals surface area contributed by atoms with Gasteiger partial charge in [0.25, 0.3) is 0 Å². The van der Waals surface area contributed by atoms with Gasteiger partial charge < -0.3 is 0 Å². The Bertz CT molecular complexity index is 695. The monoisotopic (exact) mass is 337 g/mol. The summed E-state index contributed by atoms with van der Waals surface area (Å²) >= 11 is 0. The highest BCUT2D eigenvalue weighted by Gasteiger charge is 2.23. The van der Waals surface area contributed by atoms with Crippen LogP contribution in [0.5, 0.6) is 0 Å². The highest BCUT2D eigenvalue weighted by Crippen LogP contribution is 2.37. The van der Waals surface area contributed by atoms with Crippen molar-refractivity contribution in [3.05, 3.63) is 47.7 Å². The van der Waals surface area contributed by atoms with Crippen molar-refractivity contribution < 1.29 is 4.39 Å². The number of nitriles is 1. The second kappa shape index (κ2) is 8.71. The first kappa shape index (κ1) is 17.5. The largest absolute Gasteiger partial charge is 0.251 e. The lowest BCUT2D eigenvalue weighted by Crippen LogP contribution is -2.14. The highest BCUT2D eigenvalue weighted by molar-refractivity contribution is 5.59. The van der Waals surface area contributed by atoms with Crippen LogP contribution in [0.3, 0.4) is 0 Å². The fourth-order valence-electron chi connectivity index (χ4n) is 3.70. The number of hydrogen-bond acceptors (Lipinski definition) is 3. The fraction of sp³-hybridized carbons (Fsp3) is 0.476. The molecule has 1 saturated carbocycles. The Kier molecular flexibility index (Phi) is 6.11. The molecular formula is C21H24FN3. The summed E-state index contributed by atoms with van der Waals surface area (Å²) in [7, 11) is 0. The maximum absolute atomic E-state index is 12.2. The third kappa shape index (κ3) is 4.63. The topological polar surface area (TPSA) is 49.6 Å². The van der Waals surface area contributed by atoms with Crippen LogP contribution < -0.4 is 0 Å². The van der Waals surface area contributed by atoms with Crippen molar-refractivity contribution in [2.45, 2.75) is 50.9 Å². The lowest BCUT2D eigenvalue weighted by molar-refractivity contribution is 0.295. The smallest absolute Gasteiger partial charge is 0.0991 e. The van der Waals surface area contributed by atoms with E-state index in [4.69, 9.17) is 5.26 Å². The van der Waals surface area contributed by atoms with Gasteiger partial charge in [0, 0.05) is 11.5 Å². The van der Waals surface area contributed by atoms with Crippen molar-refractivity contribution in [1.29, 1.82) is 5.26 Å². The number of hydrogen-bond donors (Lipinski definition) is 0. The van der Waals surface area contributed by atoms with Crippen molar-refractivity contribution in [3.8, 4) is 17.3 Å². The average molecular weight is 337 g/mol. The molecule has 3 rings (SSSR count). The number of benzene rings is 1. The summed E-state index contributed by atoms with van der Waals surface area (Å²) < 4.78 is 12.2. The molecule has 0 spiro atoms. The second-order valence-electron chi connectivity index (χ2n) is 6.94. The van der Waals surface area contributed by atoms with E-state index in [2.05, 4.69) is 22.3 Å². The van der Waals surface area contributed by atoms with Crippen molar-refractivity contribution in [2.75, 3.05) is 6.67 Å². The molecule has 3 nitrogen and oxygen atoms in total. The van der Waals surface area contributed by atoms with Gasteiger partial charge in [-0.05, 0) is 62.3 Å². The van der Waals surface area contributed by atoms with E-state index < -0.39 is 0 Å². The SMILES string of the molecule is N#Cc1ccc(-c2ccc([C@H]3CC[C@H](CCCCF)CC3)nn2)cc1. The van der Waals surface area contributed by atoms with E-state index in [0.717, 1.165) is 42.1 Å². The Labute approximate surface area is 148 Å². The van der Waals surface area contributed by atoms with E-state index in [1.54, 1.807) is 12.1 Å². The molecule has 0 aliphatic heterocycles. The molecule has 0 bridgehead atoms. The third-order valence-electron chi connectivity index (χ3n) is 5.26. The van der Waals surface area contributed by atoms with Crippen LogP contribution in [0.1, 0.15) is 62.1 Å². The molecule has 0 amide bonds. The summed E-state index contributed by atoms with van der Waals surface area (Å²) in [5.74, 6) is 1.26. The van der Waals surface area contributed by atoms with Gasteiger partial charge in [0.1, 0.15) is 0 Å². The Balaban J connectivity index is 1.57. The number of nitrogens with zero attached hydrogens (tertiary/aromatic N) is 3. The molecular weight excluding hydrogens is 313 g/mol. The Hall–Kier alpha value is -2.28. The van der Waals surface area contributed by atoms with Crippen molar-refractivity contribution >= 4 is 0 Å². The van der Waals surface area contributed by atoms with Gasteiger partial charge in [-0.1, -0.05) is 25.0 Å². The van der Waals surface area contributed by atoms with E-state index in [-0.39, 0.29) is 6.67 Å². The van der Waals surface area contributed by atoms with Crippen LogP contribution in [0.15, 0.2) is 36.4 Å². The fourth-order valence-corrected chi connectivity index (χ4v) is 3.70. The number of halogens is 1. The maximum Gasteiger partial charge on any atom is 0.0991 e.